The molecule has 0 spiro atoms. The normalized spacial score (nSPS) is 14.0. The van der Waals surface area contributed by atoms with Gasteiger partial charge < -0.3 is 10.4 Å². The first kappa shape index (κ1) is 28.2. The van der Waals surface area contributed by atoms with Crippen molar-refractivity contribution in [1.82, 2.24) is 10.3 Å². The van der Waals surface area contributed by atoms with E-state index in [0.717, 1.165) is 28.0 Å². The van der Waals surface area contributed by atoms with E-state index in [-0.39, 0.29) is 18.2 Å². The van der Waals surface area contributed by atoms with Gasteiger partial charge in [-0.3, -0.25) is 9.00 Å². The van der Waals surface area contributed by atoms with Crippen LogP contribution < -0.4 is 10.5 Å². The topological polar surface area (TPSA) is 139 Å². The average molecular weight is 564 g/mol. The van der Waals surface area contributed by atoms with Gasteiger partial charge >= 0.3 is 6.18 Å². The maximum Gasteiger partial charge on any atom is 0.390 e. The van der Waals surface area contributed by atoms with Crippen LogP contribution >= 0.6 is 11.3 Å². The Kier molecular flexibility index (Phi) is 9.22. The number of hydrogen-bond acceptors (Lipinski definition) is 7. The molecule has 1 heterocycles. The van der Waals surface area contributed by atoms with Gasteiger partial charge in [-0.05, 0) is 35.2 Å². The fraction of sp³-hybridized carbons (Fsp3) is 0.364. The SMILES string of the molecule is NS(=O)(=O)CCNC(=O)C(c1nc2ccc(-c3ccc(CCO)cc3)cc2s1)S(=O)CCC(F)(F)F. The third-order valence-electron chi connectivity index (χ3n) is 5.09. The molecule has 0 aliphatic rings. The van der Waals surface area contributed by atoms with E-state index in [1.807, 2.05) is 30.3 Å². The first-order valence-corrected chi connectivity index (χ1v) is 14.6. The van der Waals surface area contributed by atoms with Crippen LogP contribution in [0, 0.1) is 0 Å². The van der Waals surface area contributed by atoms with E-state index in [0.29, 0.717) is 16.6 Å². The number of amides is 1. The molecule has 3 aromatic rings. The fourth-order valence-electron chi connectivity index (χ4n) is 3.31. The Morgan fingerprint density at radius 1 is 1.17 bits per heavy atom. The molecule has 0 radical (unpaired) electrons. The lowest BCUT2D eigenvalue weighted by molar-refractivity contribution is -0.130. The lowest BCUT2D eigenvalue weighted by Crippen LogP contribution is -2.36. The lowest BCUT2D eigenvalue weighted by atomic mass is 10.0. The van der Waals surface area contributed by atoms with Crippen LogP contribution in [-0.4, -0.2) is 59.5 Å². The number of benzene rings is 2. The largest absolute Gasteiger partial charge is 0.396 e. The lowest BCUT2D eigenvalue weighted by Gasteiger charge is -2.15. The molecule has 0 saturated carbocycles. The van der Waals surface area contributed by atoms with Crippen LogP contribution in [0.1, 0.15) is 22.2 Å². The van der Waals surface area contributed by atoms with Crippen molar-refractivity contribution >= 4 is 48.3 Å². The number of hydrogen-bond donors (Lipinski definition) is 3. The van der Waals surface area contributed by atoms with Gasteiger partial charge in [-0.1, -0.05) is 30.3 Å². The Balaban J connectivity index is 1.89. The third kappa shape index (κ3) is 8.06. The average Bonchev–Trinajstić information content (AvgIpc) is 3.20. The van der Waals surface area contributed by atoms with E-state index in [4.69, 9.17) is 10.2 Å². The number of nitrogens with two attached hydrogens (primary N) is 1. The number of thiazole rings is 1. The van der Waals surface area contributed by atoms with E-state index in [2.05, 4.69) is 10.3 Å². The molecule has 4 N–H and O–H groups in total. The second-order valence-corrected chi connectivity index (χ2v) is 12.3. The van der Waals surface area contributed by atoms with Gasteiger partial charge in [0.1, 0.15) is 5.01 Å². The molecule has 2 atom stereocenters. The first-order chi connectivity index (χ1) is 16.9. The van der Waals surface area contributed by atoms with Gasteiger partial charge in [0.05, 0.1) is 22.4 Å². The smallest absolute Gasteiger partial charge is 0.390 e. The molecule has 0 saturated heterocycles. The van der Waals surface area contributed by atoms with Crippen molar-refractivity contribution in [2.75, 3.05) is 24.7 Å². The van der Waals surface area contributed by atoms with Crippen molar-refractivity contribution in [3.05, 3.63) is 53.0 Å². The van der Waals surface area contributed by atoms with E-state index in [9.17, 15) is 30.6 Å². The predicted molar refractivity (Wildman–Crippen MR) is 133 cm³/mol. The number of nitrogens with zero attached hydrogens (tertiary/aromatic N) is 1. The molecule has 0 bridgehead atoms. The number of carbonyl (C=O) groups excluding carboxylic acids is 1. The molecule has 196 valence electrons. The van der Waals surface area contributed by atoms with E-state index >= 15 is 0 Å². The highest BCUT2D eigenvalue weighted by Gasteiger charge is 2.34. The third-order valence-corrected chi connectivity index (χ3v) is 8.67. The molecule has 3 rings (SSSR count). The molecule has 2 unspecified atom stereocenters. The number of nitrogens with one attached hydrogen (secondary N) is 1. The summed E-state index contributed by atoms with van der Waals surface area (Å²) in [6.45, 7) is -0.345. The van der Waals surface area contributed by atoms with Crippen LogP contribution in [0.15, 0.2) is 42.5 Å². The standard InChI is InChI=1S/C22H24F3N3O5S3/c23-22(24,25)8-11-35(31)19(20(30)27-9-12-36(26,32)33)21-28-17-6-5-16(13-18(17)34-21)15-3-1-14(2-4-15)7-10-29/h1-6,13,19,29H,7-12H2,(H,27,30)(H2,26,32,33). The van der Waals surface area contributed by atoms with E-state index < -0.39 is 56.1 Å². The van der Waals surface area contributed by atoms with Gasteiger partial charge in [0, 0.05) is 29.7 Å². The molecule has 14 heteroatoms. The summed E-state index contributed by atoms with van der Waals surface area (Å²) in [5.41, 5.74) is 3.17. The van der Waals surface area contributed by atoms with Crippen molar-refractivity contribution < 1.29 is 35.7 Å². The molecule has 8 nitrogen and oxygen atoms in total. The number of aliphatic hydroxyl groups excluding tert-OH is 1. The van der Waals surface area contributed by atoms with Crippen molar-refractivity contribution in [2.45, 2.75) is 24.3 Å². The molecule has 0 aliphatic heterocycles. The van der Waals surface area contributed by atoms with Crippen molar-refractivity contribution in [1.29, 1.82) is 0 Å². The number of aliphatic hydroxyl groups is 1. The number of alkyl halides is 3. The Morgan fingerprint density at radius 3 is 2.44 bits per heavy atom. The maximum atomic E-state index is 12.8. The highest BCUT2D eigenvalue weighted by Crippen LogP contribution is 2.34. The number of rotatable bonds is 11. The van der Waals surface area contributed by atoms with Gasteiger partial charge in [0.2, 0.25) is 15.9 Å². The van der Waals surface area contributed by atoms with Crippen LogP contribution in [-0.2, 0) is 32.0 Å². The van der Waals surface area contributed by atoms with Crippen LogP contribution in [0.25, 0.3) is 21.3 Å². The van der Waals surface area contributed by atoms with Gasteiger partial charge in [-0.15, -0.1) is 11.3 Å². The Morgan fingerprint density at radius 2 is 1.83 bits per heavy atom. The molecule has 0 aliphatic carbocycles. The van der Waals surface area contributed by atoms with Crippen LogP contribution in [0.2, 0.25) is 0 Å². The van der Waals surface area contributed by atoms with Crippen molar-refractivity contribution in [3.8, 4) is 11.1 Å². The zero-order chi connectivity index (χ0) is 26.5. The van der Waals surface area contributed by atoms with Crippen LogP contribution in [0.3, 0.4) is 0 Å². The summed E-state index contributed by atoms with van der Waals surface area (Å²) in [4.78, 5) is 17.1. The van der Waals surface area contributed by atoms with Gasteiger partial charge in [0.15, 0.2) is 5.25 Å². The number of aromatic nitrogens is 1. The van der Waals surface area contributed by atoms with Gasteiger partial charge in [0.25, 0.3) is 0 Å². The number of sulfonamides is 1. The second-order valence-electron chi connectivity index (χ2n) is 7.89. The fourth-order valence-corrected chi connectivity index (χ4v) is 6.42. The van der Waals surface area contributed by atoms with Crippen LogP contribution in [0.5, 0.6) is 0 Å². The number of primary sulfonamides is 1. The summed E-state index contributed by atoms with van der Waals surface area (Å²) in [5.74, 6) is -2.28. The zero-order valence-electron chi connectivity index (χ0n) is 18.8. The second kappa shape index (κ2) is 11.8. The highest BCUT2D eigenvalue weighted by molar-refractivity contribution is 7.89. The van der Waals surface area contributed by atoms with E-state index in [1.54, 1.807) is 12.1 Å². The summed E-state index contributed by atoms with van der Waals surface area (Å²) < 4.78 is 73.9. The minimum absolute atomic E-state index is 0.0378. The minimum atomic E-state index is -4.56. The predicted octanol–water partition coefficient (Wildman–Crippen LogP) is 2.65. The molecule has 0 fully saturated rings. The van der Waals surface area contributed by atoms with Crippen LogP contribution in [0.4, 0.5) is 13.2 Å². The Hall–Kier alpha value is -2.39. The molecule has 1 aromatic heterocycles. The maximum absolute atomic E-state index is 12.8. The number of halogens is 3. The molecule has 1 amide bonds. The molecule has 36 heavy (non-hydrogen) atoms. The summed E-state index contributed by atoms with van der Waals surface area (Å²) >= 11 is 1.03. The summed E-state index contributed by atoms with van der Waals surface area (Å²) in [5, 5.41) is 14.8. The number of carbonyl (C=O) groups is 1. The first-order valence-electron chi connectivity index (χ1n) is 10.7. The molecular formula is C22H24F3N3O5S3. The minimum Gasteiger partial charge on any atom is -0.396 e. The number of fused-ring (bicyclic) bond motifs is 1. The van der Waals surface area contributed by atoms with Crippen molar-refractivity contribution in [2.24, 2.45) is 5.14 Å². The Labute approximate surface area is 212 Å². The quantitative estimate of drug-likeness (QED) is 0.328. The molecule has 2 aromatic carbocycles. The van der Waals surface area contributed by atoms with Crippen molar-refractivity contribution in [3.63, 3.8) is 0 Å². The summed E-state index contributed by atoms with van der Waals surface area (Å²) in [7, 11) is -6.15. The zero-order valence-corrected chi connectivity index (χ0v) is 21.3. The van der Waals surface area contributed by atoms with Gasteiger partial charge in [-0.2, -0.15) is 13.2 Å². The Bertz CT molecular complexity index is 1340. The highest BCUT2D eigenvalue weighted by atomic mass is 32.2. The monoisotopic (exact) mass is 563 g/mol. The summed E-state index contributed by atoms with van der Waals surface area (Å²) in [6.07, 6.45) is -5.37. The van der Waals surface area contributed by atoms with E-state index in [1.165, 1.54) is 0 Å². The molecular weight excluding hydrogens is 539 g/mol. The summed E-state index contributed by atoms with van der Waals surface area (Å²) in [6, 6.07) is 12.9. The van der Waals surface area contributed by atoms with Gasteiger partial charge in [-0.25, -0.2) is 18.5 Å².